The number of rotatable bonds is 5. The van der Waals surface area contributed by atoms with Crippen LogP contribution in [0.3, 0.4) is 0 Å². The van der Waals surface area contributed by atoms with Gasteiger partial charge in [0.05, 0.1) is 18.1 Å². The maximum Gasteiger partial charge on any atom is 0.257 e. The molecule has 5 nitrogen and oxygen atoms in total. The summed E-state index contributed by atoms with van der Waals surface area (Å²) in [7, 11) is 1.56. The van der Waals surface area contributed by atoms with E-state index in [1.54, 1.807) is 24.1 Å². The monoisotopic (exact) mass is 380 g/mol. The van der Waals surface area contributed by atoms with Gasteiger partial charge >= 0.3 is 0 Å². The number of amides is 2. The van der Waals surface area contributed by atoms with Crippen LogP contribution in [0, 0.1) is 12.3 Å². The van der Waals surface area contributed by atoms with E-state index < -0.39 is 5.41 Å². The molecule has 0 bridgehead atoms. The SMILES string of the molecule is COc1ccccc1C(=O)N1CCC[C@](C)(C(=O)NCc2ccccc2C)C1. The van der Waals surface area contributed by atoms with Gasteiger partial charge < -0.3 is 15.0 Å². The normalized spacial score (nSPS) is 19.2. The number of benzene rings is 2. The molecule has 148 valence electrons. The number of likely N-dealkylation sites (tertiary alicyclic amines) is 1. The molecule has 5 heteroatoms. The first-order chi connectivity index (χ1) is 13.4. The molecule has 1 saturated heterocycles. The highest BCUT2D eigenvalue weighted by atomic mass is 16.5. The number of hydrogen-bond donors (Lipinski definition) is 1. The molecule has 1 N–H and O–H groups in total. The third-order valence-corrected chi connectivity index (χ3v) is 5.57. The molecule has 2 amide bonds. The zero-order chi connectivity index (χ0) is 20.1. The Morgan fingerprint density at radius 1 is 1.14 bits per heavy atom. The van der Waals surface area contributed by atoms with Crippen molar-refractivity contribution < 1.29 is 14.3 Å². The lowest BCUT2D eigenvalue weighted by atomic mass is 9.80. The van der Waals surface area contributed by atoms with E-state index >= 15 is 0 Å². The predicted molar refractivity (Wildman–Crippen MR) is 109 cm³/mol. The molecule has 1 heterocycles. The highest BCUT2D eigenvalue weighted by Gasteiger charge is 2.39. The minimum absolute atomic E-state index is 0.00622. The van der Waals surface area contributed by atoms with E-state index in [0.29, 0.717) is 30.9 Å². The number of carbonyl (C=O) groups is 2. The third kappa shape index (κ3) is 4.19. The molecular weight excluding hydrogens is 352 g/mol. The molecule has 1 aliphatic rings. The number of para-hydroxylation sites is 1. The topological polar surface area (TPSA) is 58.6 Å². The van der Waals surface area contributed by atoms with E-state index in [1.807, 2.05) is 50.2 Å². The summed E-state index contributed by atoms with van der Waals surface area (Å²) in [5.41, 5.74) is 2.20. The van der Waals surface area contributed by atoms with Crippen LogP contribution < -0.4 is 10.1 Å². The van der Waals surface area contributed by atoms with Gasteiger partial charge in [-0.15, -0.1) is 0 Å². The molecule has 0 aromatic heterocycles. The molecule has 2 aromatic rings. The van der Waals surface area contributed by atoms with Gasteiger partial charge in [0.2, 0.25) is 5.91 Å². The van der Waals surface area contributed by atoms with Crippen LogP contribution in [0.4, 0.5) is 0 Å². The zero-order valence-electron chi connectivity index (χ0n) is 16.8. The van der Waals surface area contributed by atoms with Crippen molar-refractivity contribution in [3.8, 4) is 5.75 Å². The minimum Gasteiger partial charge on any atom is -0.496 e. The Bertz CT molecular complexity index is 864. The minimum atomic E-state index is -0.599. The van der Waals surface area contributed by atoms with Gasteiger partial charge in [-0.2, -0.15) is 0 Å². The lowest BCUT2D eigenvalue weighted by Gasteiger charge is -2.39. The molecule has 0 saturated carbocycles. The fourth-order valence-electron chi connectivity index (χ4n) is 3.79. The summed E-state index contributed by atoms with van der Waals surface area (Å²) in [6.07, 6.45) is 1.57. The van der Waals surface area contributed by atoms with Crippen molar-refractivity contribution in [1.82, 2.24) is 10.2 Å². The Kier molecular flexibility index (Phi) is 6.02. The average Bonchev–Trinajstić information content (AvgIpc) is 2.72. The summed E-state index contributed by atoms with van der Waals surface area (Å²) in [5, 5.41) is 3.07. The Balaban J connectivity index is 1.69. The fraction of sp³-hybridized carbons (Fsp3) is 0.391. The summed E-state index contributed by atoms with van der Waals surface area (Å²) >= 11 is 0. The summed E-state index contributed by atoms with van der Waals surface area (Å²) in [4.78, 5) is 27.8. The number of hydrogen-bond acceptors (Lipinski definition) is 3. The van der Waals surface area contributed by atoms with E-state index in [2.05, 4.69) is 5.32 Å². The van der Waals surface area contributed by atoms with Crippen LogP contribution in [0.1, 0.15) is 41.3 Å². The van der Waals surface area contributed by atoms with Crippen molar-refractivity contribution in [2.24, 2.45) is 5.41 Å². The molecule has 0 aliphatic carbocycles. The second kappa shape index (κ2) is 8.46. The van der Waals surface area contributed by atoms with Crippen molar-refractivity contribution >= 4 is 11.8 Å². The van der Waals surface area contributed by atoms with Gasteiger partial charge in [-0.25, -0.2) is 0 Å². The van der Waals surface area contributed by atoms with Crippen LogP contribution in [0.15, 0.2) is 48.5 Å². The van der Waals surface area contributed by atoms with Crippen LogP contribution in [-0.4, -0.2) is 36.9 Å². The smallest absolute Gasteiger partial charge is 0.257 e. The van der Waals surface area contributed by atoms with Crippen LogP contribution in [0.2, 0.25) is 0 Å². The maximum absolute atomic E-state index is 13.0. The van der Waals surface area contributed by atoms with Crippen molar-refractivity contribution in [1.29, 1.82) is 0 Å². The molecule has 28 heavy (non-hydrogen) atoms. The molecule has 2 aromatic carbocycles. The first-order valence-corrected chi connectivity index (χ1v) is 9.70. The lowest BCUT2D eigenvalue weighted by Crippen LogP contribution is -2.51. The number of methoxy groups -OCH3 is 1. The third-order valence-electron chi connectivity index (χ3n) is 5.57. The number of nitrogens with zero attached hydrogens (tertiary/aromatic N) is 1. The van der Waals surface area contributed by atoms with Crippen LogP contribution >= 0.6 is 0 Å². The van der Waals surface area contributed by atoms with Crippen LogP contribution in [0.5, 0.6) is 5.75 Å². The summed E-state index contributed by atoms with van der Waals surface area (Å²) in [5.74, 6) is 0.465. The second-order valence-corrected chi connectivity index (χ2v) is 7.70. The summed E-state index contributed by atoms with van der Waals surface area (Å²) in [6, 6.07) is 15.3. The Morgan fingerprint density at radius 3 is 2.61 bits per heavy atom. The van der Waals surface area contributed by atoms with Crippen molar-refractivity contribution in [2.45, 2.75) is 33.2 Å². The van der Waals surface area contributed by atoms with Gasteiger partial charge in [0.15, 0.2) is 0 Å². The Morgan fingerprint density at radius 2 is 1.86 bits per heavy atom. The molecule has 1 atom stereocenters. The van der Waals surface area contributed by atoms with Gasteiger partial charge in [-0.05, 0) is 49.9 Å². The van der Waals surface area contributed by atoms with E-state index in [1.165, 1.54) is 0 Å². The quantitative estimate of drug-likeness (QED) is 0.863. The van der Waals surface area contributed by atoms with Crippen LogP contribution in [0.25, 0.3) is 0 Å². The van der Waals surface area contributed by atoms with E-state index in [4.69, 9.17) is 4.74 Å². The maximum atomic E-state index is 13.0. The zero-order valence-corrected chi connectivity index (χ0v) is 16.8. The Hall–Kier alpha value is -2.82. The first kappa shape index (κ1) is 19.9. The fourth-order valence-corrected chi connectivity index (χ4v) is 3.79. The first-order valence-electron chi connectivity index (χ1n) is 9.70. The van der Waals surface area contributed by atoms with Crippen molar-refractivity contribution in [3.05, 3.63) is 65.2 Å². The second-order valence-electron chi connectivity index (χ2n) is 7.70. The molecule has 0 unspecified atom stereocenters. The van der Waals surface area contributed by atoms with Crippen LogP contribution in [-0.2, 0) is 11.3 Å². The molecule has 0 spiro atoms. The van der Waals surface area contributed by atoms with Gasteiger partial charge in [0.1, 0.15) is 5.75 Å². The highest BCUT2D eigenvalue weighted by molar-refractivity contribution is 5.97. The molecule has 0 radical (unpaired) electrons. The molecule has 1 aliphatic heterocycles. The van der Waals surface area contributed by atoms with Gasteiger partial charge in [-0.1, -0.05) is 36.4 Å². The number of carbonyl (C=O) groups excluding carboxylic acids is 2. The number of aryl methyl sites for hydroxylation is 1. The molecule has 1 fully saturated rings. The van der Waals surface area contributed by atoms with Crippen molar-refractivity contribution in [3.63, 3.8) is 0 Å². The van der Waals surface area contributed by atoms with Gasteiger partial charge in [0.25, 0.3) is 5.91 Å². The van der Waals surface area contributed by atoms with Gasteiger partial charge in [-0.3, -0.25) is 9.59 Å². The van der Waals surface area contributed by atoms with E-state index in [0.717, 1.165) is 24.0 Å². The summed E-state index contributed by atoms with van der Waals surface area (Å²) < 4.78 is 5.33. The van der Waals surface area contributed by atoms with Crippen molar-refractivity contribution in [2.75, 3.05) is 20.2 Å². The largest absolute Gasteiger partial charge is 0.496 e. The molecular formula is C23H28N2O3. The average molecular weight is 380 g/mol. The Labute approximate surface area is 166 Å². The van der Waals surface area contributed by atoms with E-state index in [-0.39, 0.29) is 11.8 Å². The standard InChI is InChI=1S/C23H28N2O3/c1-17-9-4-5-10-18(17)15-24-22(27)23(2)13-8-14-25(16-23)21(26)19-11-6-7-12-20(19)28-3/h4-7,9-12H,8,13-16H2,1-3H3,(H,24,27)/t23-/m0/s1. The number of nitrogens with one attached hydrogen (secondary N) is 1. The molecule has 3 rings (SSSR count). The van der Waals surface area contributed by atoms with E-state index in [9.17, 15) is 9.59 Å². The predicted octanol–water partition coefficient (Wildman–Crippen LogP) is 3.56. The lowest BCUT2D eigenvalue weighted by molar-refractivity contribution is -0.132. The summed E-state index contributed by atoms with van der Waals surface area (Å²) in [6.45, 7) is 5.54. The highest BCUT2D eigenvalue weighted by Crippen LogP contribution is 2.32. The van der Waals surface area contributed by atoms with Gasteiger partial charge in [0, 0.05) is 19.6 Å². The number of piperidine rings is 1. The number of ether oxygens (including phenoxy) is 1.